The van der Waals surface area contributed by atoms with E-state index in [4.69, 9.17) is 0 Å². The Morgan fingerprint density at radius 3 is 1.16 bits per heavy atom. The largest absolute Gasteiger partial charge is 0.358 e. The summed E-state index contributed by atoms with van der Waals surface area (Å²) in [5.41, 5.74) is 10.3. The van der Waals surface area contributed by atoms with E-state index in [9.17, 15) is 0 Å². The second-order valence-corrected chi connectivity index (χ2v) is 7.47. The molecule has 0 saturated heterocycles. The smallest absolute Gasteiger partial charge is 0.358 e. The molecule has 0 aliphatic heterocycles. The van der Waals surface area contributed by atoms with Crippen molar-refractivity contribution in [3.05, 3.63) is 81.4 Å². The van der Waals surface area contributed by atoms with Gasteiger partial charge in [-0.2, -0.15) is 0 Å². The first-order valence-electron chi connectivity index (χ1n) is 8.21. The van der Waals surface area contributed by atoms with Gasteiger partial charge < -0.3 is 7.43 Å². The van der Waals surface area contributed by atoms with E-state index < -0.39 is 0 Å². The molecule has 0 radical (unpaired) electrons. The van der Waals surface area contributed by atoms with Gasteiger partial charge in [-0.15, -0.1) is 0 Å². The molecule has 0 saturated carbocycles. The number of aryl methyl sites for hydroxylation is 6. The summed E-state index contributed by atoms with van der Waals surface area (Å²) in [4.78, 5) is 0. The zero-order chi connectivity index (χ0) is 17.6. The maximum atomic E-state index is 3.50. The Labute approximate surface area is 162 Å². The van der Waals surface area contributed by atoms with Crippen LogP contribution in [-0.4, -0.2) is 9.13 Å². The molecule has 3 aromatic rings. The van der Waals surface area contributed by atoms with Crippen LogP contribution < -0.4 is 0 Å². The van der Waals surface area contributed by atoms with E-state index in [2.05, 4.69) is 106 Å². The average molecular weight is 426 g/mol. The zero-order valence-corrected chi connectivity index (χ0v) is 17.7. The molecule has 136 valence electrons. The van der Waals surface area contributed by atoms with Crippen LogP contribution in [0.25, 0.3) is 11.4 Å². The third-order valence-electron chi connectivity index (χ3n) is 4.49. The topological polar surface area (TPSA) is 9.86 Å². The first-order chi connectivity index (χ1) is 11.3. The van der Waals surface area contributed by atoms with Crippen molar-refractivity contribution >= 4 is 0 Å². The van der Waals surface area contributed by atoms with Crippen LogP contribution in [-0.2, 0) is 18.7 Å². The van der Waals surface area contributed by atoms with Gasteiger partial charge in [0.15, 0.2) is 0 Å². The number of aromatic nitrogens is 2. The van der Waals surface area contributed by atoms with E-state index in [1.807, 2.05) is 0 Å². The molecule has 0 fully saturated rings. The fourth-order valence-corrected chi connectivity index (χ4v) is 4.37. The third kappa shape index (κ3) is 3.50. The quantitative estimate of drug-likeness (QED) is 0.371. The van der Waals surface area contributed by atoms with Crippen LogP contribution in [0, 0.1) is 52.9 Å². The molecule has 0 bridgehead atoms. The van der Waals surface area contributed by atoms with Crippen molar-refractivity contribution < 1.29 is 18.7 Å². The van der Waals surface area contributed by atoms with Gasteiger partial charge in [0.2, 0.25) is 0 Å². The number of hydrogen-bond donors (Lipinski definition) is 0. The van der Waals surface area contributed by atoms with Crippen molar-refractivity contribution in [2.75, 3.05) is 0 Å². The summed E-state index contributed by atoms with van der Waals surface area (Å²) < 4.78 is 5.56. The minimum Gasteiger partial charge on any atom is -0.358 e. The van der Waals surface area contributed by atoms with E-state index in [1.54, 1.807) is 0 Å². The van der Waals surface area contributed by atoms with Crippen molar-refractivity contribution in [2.45, 2.75) is 41.5 Å². The van der Waals surface area contributed by atoms with E-state index >= 15 is 0 Å². The minimum absolute atomic E-state index is 0. The summed E-state index contributed by atoms with van der Waals surface area (Å²) in [7, 11) is 0. The summed E-state index contributed by atoms with van der Waals surface area (Å²) in [5.74, 6) is 0. The van der Waals surface area contributed by atoms with Gasteiger partial charge in [-0.25, -0.2) is 0 Å². The Kier molecular flexibility index (Phi) is 5.72. The third-order valence-corrected chi connectivity index (χ3v) is 5.23. The van der Waals surface area contributed by atoms with Crippen molar-refractivity contribution in [2.24, 2.45) is 0 Å². The van der Waals surface area contributed by atoms with Crippen LogP contribution in [0.4, 0.5) is 0 Å². The van der Waals surface area contributed by atoms with Gasteiger partial charge in [0.1, 0.15) is 0 Å². The Balaban J connectivity index is 0.00000225. The molecule has 0 aliphatic rings. The number of hydrogen-bond acceptors (Lipinski definition) is 0. The van der Waals surface area contributed by atoms with E-state index in [0.29, 0.717) is 0 Å². The van der Waals surface area contributed by atoms with Crippen LogP contribution in [0.15, 0.2) is 36.7 Å². The number of nitrogens with zero attached hydrogens (tertiary/aromatic N) is 2. The van der Waals surface area contributed by atoms with Gasteiger partial charge in [-0.1, -0.05) is 0 Å². The SMILES string of the molecule is Cc1cc(C)c(-n2ccn(-c3c(C)cc(C)cc3C)[c]2=[Pd])c(C)c1.[CH3-]. The standard InChI is InChI=1S/C21H24N2.CH3.Pd/c1-14-9-16(3)20(17(4)10-14)22-7-8-23(13-22)21-18(5)11-15(2)12-19(21)6;;/h7-12H,1-6H3;1H3;/q;-1;. The van der Waals surface area contributed by atoms with Gasteiger partial charge >= 0.3 is 155 Å². The summed E-state index contributed by atoms with van der Waals surface area (Å²) >= 11 is 3.50. The Morgan fingerprint density at radius 1 is 0.600 bits per heavy atom. The maximum absolute atomic E-state index is 3.50. The Hall–Kier alpha value is -1.69. The van der Waals surface area contributed by atoms with Crippen LogP contribution >= 0.6 is 0 Å². The molecule has 0 aliphatic carbocycles. The van der Waals surface area contributed by atoms with Gasteiger partial charge in [0.25, 0.3) is 0 Å². The summed E-state index contributed by atoms with van der Waals surface area (Å²) in [5, 5.41) is 0. The molecular weight excluding hydrogens is 399 g/mol. The van der Waals surface area contributed by atoms with Crippen LogP contribution in [0.1, 0.15) is 33.4 Å². The number of imidazole rings is 1. The molecule has 0 unspecified atom stereocenters. The monoisotopic (exact) mass is 425 g/mol. The Morgan fingerprint density at radius 2 is 0.880 bits per heavy atom. The molecule has 1 heterocycles. The van der Waals surface area contributed by atoms with Crippen molar-refractivity contribution in [1.29, 1.82) is 0 Å². The van der Waals surface area contributed by atoms with Crippen molar-refractivity contribution in [3.63, 3.8) is 0 Å². The van der Waals surface area contributed by atoms with E-state index in [-0.39, 0.29) is 7.43 Å². The number of rotatable bonds is 2. The van der Waals surface area contributed by atoms with Crippen LogP contribution in [0.5, 0.6) is 0 Å². The zero-order valence-electron chi connectivity index (χ0n) is 16.2. The first-order valence-corrected chi connectivity index (χ1v) is 8.99. The van der Waals surface area contributed by atoms with E-state index in [0.717, 1.165) is 3.89 Å². The molecule has 2 aromatic carbocycles. The second-order valence-electron chi connectivity index (χ2n) is 6.77. The molecule has 3 heteroatoms. The van der Waals surface area contributed by atoms with Gasteiger partial charge in [0, 0.05) is 0 Å². The fraction of sp³-hybridized carbons (Fsp3) is 0.273. The number of benzene rings is 2. The Bertz CT molecular complexity index is 865. The normalized spacial score (nSPS) is 10.7. The molecule has 0 atom stereocenters. The average Bonchev–Trinajstić information content (AvgIpc) is 2.79. The minimum atomic E-state index is 0. The molecule has 25 heavy (non-hydrogen) atoms. The molecule has 0 amide bonds. The van der Waals surface area contributed by atoms with E-state index in [1.165, 1.54) is 44.8 Å². The van der Waals surface area contributed by atoms with Gasteiger partial charge in [0.05, 0.1) is 0 Å². The molecule has 0 N–H and O–H groups in total. The summed E-state index contributed by atoms with van der Waals surface area (Å²) in [6.07, 6.45) is 4.28. The van der Waals surface area contributed by atoms with Gasteiger partial charge in [-0.05, 0) is 0 Å². The van der Waals surface area contributed by atoms with Gasteiger partial charge in [-0.3, -0.25) is 0 Å². The summed E-state index contributed by atoms with van der Waals surface area (Å²) in [6, 6.07) is 8.97. The molecule has 0 spiro atoms. The fourth-order valence-electron chi connectivity index (χ4n) is 3.79. The molecule has 3 rings (SSSR count). The first kappa shape index (κ1) is 19.6. The van der Waals surface area contributed by atoms with Crippen molar-refractivity contribution in [3.8, 4) is 11.4 Å². The summed E-state index contributed by atoms with van der Waals surface area (Å²) in [6.45, 7) is 13.0. The van der Waals surface area contributed by atoms with Crippen molar-refractivity contribution in [1.82, 2.24) is 9.13 Å². The predicted molar refractivity (Wildman–Crippen MR) is 103 cm³/mol. The molecule has 1 aromatic heterocycles. The van der Waals surface area contributed by atoms with Crippen LogP contribution in [0.3, 0.4) is 0 Å². The molecular formula is C22H27N2Pd-. The predicted octanol–water partition coefficient (Wildman–Crippen LogP) is 5.65. The second kappa shape index (κ2) is 7.28. The van der Waals surface area contributed by atoms with Crippen LogP contribution in [0.2, 0.25) is 0 Å². The maximum Gasteiger partial charge on any atom is -0.358 e. The molecule has 2 nitrogen and oxygen atoms in total.